The molecule has 3 atom stereocenters. The van der Waals surface area contributed by atoms with Gasteiger partial charge in [0.2, 0.25) is 0 Å². The first kappa shape index (κ1) is 9.52. The van der Waals surface area contributed by atoms with Crippen LogP contribution in [0.4, 0.5) is 0 Å². The lowest BCUT2D eigenvalue weighted by Crippen LogP contribution is -2.51. The third-order valence-corrected chi connectivity index (χ3v) is 2.54. The molecule has 0 radical (unpaired) electrons. The largest absolute Gasteiger partial charge is 0.452 e. The van der Waals surface area contributed by atoms with Crippen molar-refractivity contribution in [1.82, 2.24) is 0 Å². The van der Waals surface area contributed by atoms with Crippen LogP contribution in [0.3, 0.4) is 0 Å². The van der Waals surface area contributed by atoms with Gasteiger partial charge in [-0.05, 0) is 17.5 Å². The Labute approximate surface area is 76.0 Å². The summed E-state index contributed by atoms with van der Waals surface area (Å²) >= 11 is 5.22. The summed E-state index contributed by atoms with van der Waals surface area (Å²) in [6, 6.07) is 0. The van der Waals surface area contributed by atoms with Crippen LogP contribution in [0.15, 0.2) is 0 Å². The van der Waals surface area contributed by atoms with Crippen molar-refractivity contribution in [2.75, 3.05) is 0 Å². The lowest BCUT2D eigenvalue weighted by Gasteiger charge is -2.35. The first-order valence-corrected chi connectivity index (χ1v) is 4.35. The van der Waals surface area contributed by atoms with Crippen LogP contribution in [-0.4, -0.2) is 17.3 Å². The smallest absolute Gasteiger partial charge is 0.314 e. The minimum atomic E-state index is -0.700. The maximum Gasteiger partial charge on any atom is 0.314 e. The average molecular weight is 191 g/mol. The maximum atomic E-state index is 10.9. The summed E-state index contributed by atoms with van der Waals surface area (Å²) in [5.74, 6) is -0.456. The second kappa shape index (κ2) is 3.44. The lowest BCUT2D eigenvalue weighted by molar-refractivity contribution is -0.190. The van der Waals surface area contributed by atoms with E-state index in [2.05, 4.69) is 4.74 Å². The number of carbonyl (C=O) groups excluding carboxylic acids is 2. The van der Waals surface area contributed by atoms with E-state index in [1.54, 1.807) is 0 Å². The van der Waals surface area contributed by atoms with Crippen molar-refractivity contribution in [3.8, 4) is 0 Å². The van der Waals surface area contributed by atoms with E-state index in [1.165, 1.54) is 0 Å². The summed E-state index contributed by atoms with van der Waals surface area (Å²) in [5.41, 5.74) is 0. The van der Waals surface area contributed by atoms with Crippen LogP contribution < -0.4 is 0 Å². The minimum Gasteiger partial charge on any atom is -0.452 e. The molecular formula is C8H11ClO3. The molecule has 0 N–H and O–H groups in total. The van der Waals surface area contributed by atoms with Crippen molar-refractivity contribution >= 4 is 22.8 Å². The quantitative estimate of drug-likeness (QED) is 0.498. The second-order valence-electron chi connectivity index (χ2n) is 3.07. The van der Waals surface area contributed by atoms with Crippen LogP contribution in [0.5, 0.6) is 0 Å². The summed E-state index contributed by atoms with van der Waals surface area (Å²) in [6.45, 7) is 3.88. The Balaban J connectivity index is 2.61. The zero-order valence-corrected chi connectivity index (χ0v) is 7.80. The molecule has 1 unspecified atom stereocenters. The standard InChI is InChI=1S/C8H11ClO3/c1-3-4(2)5-6(7(9)10)12-8(5)11/h4-6H,3H2,1-2H3/t4-,5?,6+/m0/s1. The Bertz CT molecular complexity index is 214. The highest BCUT2D eigenvalue weighted by molar-refractivity contribution is 6.65. The van der Waals surface area contributed by atoms with E-state index >= 15 is 0 Å². The van der Waals surface area contributed by atoms with Gasteiger partial charge in [-0.2, -0.15) is 0 Å². The van der Waals surface area contributed by atoms with Gasteiger partial charge in [0.1, 0.15) is 5.92 Å². The van der Waals surface area contributed by atoms with Crippen molar-refractivity contribution in [3.63, 3.8) is 0 Å². The number of hydrogen-bond donors (Lipinski definition) is 0. The van der Waals surface area contributed by atoms with Gasteiger partial charge in [0.15, 0.2) is 6.10 Å². The van der Waals surface area contributed by atoms with E-state index in [9.17, 15) is 9.59 Å². The third kappa shape index (κ3) is 1.46. The minimum absolute atomic E-state index is 0.166. The van der Waals surface area contributed by atoms with E-state index in [-0.39, 0.29) is 17.8 Å². The molecule has 0 bridgehead atoms. The van der Waals surface area contributed by atoms with E-state index in [1.807, 2.05) is 13.8 Å². The molecule has 12 heavy (non-hydrogen) atoms. The fourth-order valence-electron chi connectivity index (χ4n) is 1.30. The normalized spacial score (nSPS) is 30.4. The Hall–Kier alpha value is -0.570. The summed E-state index contributed by atoms with van der Waals surface area (Å²) in [7, 11) is 0. The van der Waals surface area contributed by atoms with Crippen molar-refractivity contribution < 1.29 is 14.3 Å². The molecule has 1 rings (SSSR count). The highest BCUT2D eigenvalue weighted by Gasteiger charge is 2.48. The molecule has 0 amide bonds. The zero-order valence-electron chi connectivity index (χ0n) is 7.04. The molecular weight excluding hydrogens is 180 g/mol. The van der Waals surface area contributed by atoms with Crippen LogP contribution in [-0.2, 0) is 14.3 Å². The molecule has 1 fully saturated rings. The van der Waals surface area contributed by atoms with Gasteiger partial charge in [-0.3, -0.25) is 9.59 Å². The Morgan fingerprint density at radius 1 is 1.75 bits per heavy atom. The van der Waals surface area contributed by atoms with Crippen molar-refractivity contribution in [2.45, 2.75) is 26.4 Å². The molecule has 0 aromatic rings. The summed E-state index contributed by atoms with van der Waals surface area (Å²) in [4.78, 5) is 21.6. The molecule has 0 saturated carbocycles. The Morgan fingerprint density at radius 3 is 2.67 bits per heavy atom. The summed E-state index contributed by atoms with van der Waals surface area (Å²) in [5, 5.41) is -0.570. The molecule has 0 aromatic heterocycles. The van der Waals surface area contributed by atoms with E-state index in [4.69, 9.17) is 11.6 Å². The number of ether oxygens (including phenoxy) is 1. The zero-order chi connectivity index (χ0) is 9.30. The molecule has 1 aliphatic rings. The number of halogens is 1. The topological polar surface area (TPSA) is 43.4 Å². The van der Waals surface area contributed by atoms with Crippen LogP contribution >= 0.6 is 11.6 Å². The van der Waals surface area contributed by atoms with Gasteiger partial charge in [0.25, 0.3) is 5.24 Å². The fraction of sp³-hybridized carbons (Fsp3) is 0.750. The molecule has 3 nitrogen and oxygen atoms in total. The van der Waals surface area contributed by atoms with Gasteiger partial charge in [0, 0.05) is 0 Å². The Morgan fingerprint density at radius 2 is 2.33 bits per heavy atom. The van der Waals surface area contributed by atoms with Crippen molar-refractivity contribution in [3.05, 3.63) is 0 Å². The lowest BCUT2D eigenvalue weighted by atomic mass is 9.84. The first-order valence-electron chi connectivity index (χ1n) is 3.97. The number of carbonyl (C=O) groups is 2. The molecule has 1 aliphatic heterocycles. The number of rotatable bonds is 3. The predicted octanol–water partition coefficient (Wildman–Crippen LogP) is 1.34. The van der Waals surface area contributed by atoms with Crippen molar-refractivity contribution in [2.24, 2.45) is 11.8 Å². The van der Waals surface area contributed by atoms with Gasteiger partial charge in [-0.15, -0.1) is 0 Å². The van der Waals surface area contributed by atoms with Crippen LogP contribution in [0, 0.1) is 11.8 Å². The molecule has 4 heteroatoms. The molecule has 0 aromatic carbocycles. The third-order valence-electron chi connectivity index (χ3n) is 2.32. The van der Waals surface area contributed by atoms with Crippen LogP contribution in [0.2, 0.25) is 0 Å². The van der Waals surface area contributed by atoms with Gasteiger partial charge in [-0.25, -0.2) is 0 Å². The number of cyclic esters (lactones) is 1. The van der Waals surface area contributed by atoms with Crippen molar-refractivity contribution in [1.29, 1.82) is 0 Å². The predicted molar refractivity (Wildman–Crippen MR) is 43.7 cm³/mol. The van der Waals surface area contributed by atoms with E-state index in [0.29, 0.717) is 0 Å². The summed E-state index contributed by atoms with van der Waals surface area (Å²) < 4.78 is 4.62. The number of hydrogen-bond acceptors (Lipinski definition) is 3. The van der Waals surface area contributed by atoms with Gasteiger partial charge in [-0.1, -0.05) is 20.3 Å². The molecule has 0 spiro atoms. The first-order chi connectivity index (χ1) is 5.57. The molecule has 0 aliphatic carbocycles. The molecule has 1 heterocycles. The van der Waals surface area contributed by atoms with Gasteiger partial charge >= 0.3 is 5.97 Å². The maximum absolute atomic E-state index is 10.9. The molecule has 1 saturated heterocycles. The average Bonchev–Trinajstić information content (AvgIpc) is 1.99. The monoisotopic (exact) mass is 190 g/mol. The SMILES string of the molecule is CC[C@H](C)C1C(=O)O[C@H]1C(=O)Cl. The van der Waals surface area contributed by atoms with Crippen LogP contribution in [0.1, 0.15) is 20.3 Å². The Kier molecular flexibility index (Phi) is 2.73. The van der Waals surface area contributed by atoms with E-state index < -0.39 is 11.3 Å². The second-order valence-corrected chi connectivity index (χ2v) is 3.45. The van der Waals surface area contributed by atoms with E-state index in [0.717, 1.165) is 6.42 Å². The van der Waals surface area contributed by atoms with Crippen LogP contribution in [0.25, 0.3) is 0 Å². The van der Waals surface area contributed by atoms with Gasteiger partial charge in [0.05, 0.1) is 0 Å². The highest BCUT2D eigenvalue weighted by Crippen LogP contribution is 2.32. The molecule has 68 valence electrons. The highest BCUT2D eigenvalue weighted by atomic mass is 35.5. The summed E-state index contributed by atoms with van der Waals surface area (Å²) in [6.07, 6.45) is 0.148. The number of esters is 1. The fourth-order valence-corrected chi connectivity index (χ4v) is 1.48. The van der Waals surface area contributed by atoms with Gasteiger partial charge < -0.3 is 4.74 Å².